The van der Waals surface area contributed by atoms with Gasteiger partial charge in [-0.2, -0.15) is 0 Å². The molecule has 0 aliphatic heterocycles. The second kappa shape index (κ2) is 7.17. The number of nitrogens with zero attached hydrogens (tertiary/aromatic N) is 2. The van der Waals surface area contributed by atoms with Gasteiger partial charge >= 0.3 is 6.03 Å². The highest BCUT2D eigenvalue weighted by molar-refractivity contribution is 5.93. The molecule has 2 N–H and O–H groups in total. The van der Waals surface area contributed by atoms with E-state index >= 15 is 0 Å². The first-order chi connectivity index (χ1) is 11.7. The van der Waals surface area contributed by atoms with E-state index in [2.05, 4.69) is 17.6 Å². The van der Waals surface area contributed by atoms with Gasteiger partial charge in [0, 0.05) is 18.3 Å². The van der Waals surface area contributed by atoms with Gasteiger partial charge in [0.05, 0.1) is 0 Å². The van der Waals surface area contributed by atoms with E-state index in [-0.39, 0.29) is 6.03 Å². The highest BCUT2D eigenvalue weighted by Crippen LogP contribution is 2.28. The van der Waals surface area contributed by atoms with Crippen LogP contribution < -0.4 is 10.6 Å². The Morgan fingerprint density at radius 1 is 1.21 bits per heavy atom. The van der Waals surface area contributed by atoms with E-state index in [0.29, 0.717) is 12.4 Å². The number of rotatable bonds is 5. The average molecular weight is 322 g/mol. The van der Waals surface area contributed by atoms with Gasteiger partial charge in [-0.3, -0.25) is 9.72 Å². The van der Waals surface area contributed by atoms with Crippen LogP contribution in [0.25, 0.3) is 16.9 Å². The number of amides is 2. The van der Waals surface area contributed by atoms with E-state index in [1.54, 1.807) is 0 Å². The number of aromatic nitrogens is 2. The van der Waals surface area contributed by atoms with Crippen LogP contribution in [0.1, 0.15) is 25.3 Å². The average Bonchev–Trinajstić information content (AvgIpc) is 2.93. The van der Waals surface area contributed by atoms with Gasteiger partial charge in [0.25, 0.3) is 0 Å². The Morgan fingerprint density at radius 2 is 2.00 bits per heavy atom. The van der Waals surface area contributed by atoms with Crippen molar-refractivity contribution in [3.8, 4) is 11.3 Å². The summed E-state index contributed by atoms with van der Waals surface area (Å²) in [6.07, 6.45) is 3.95. The fraction of sp³-hybridized carbons (Fsp3) is 0.263. The molecule has 124 valence electrons. The number of anilines is 1. The lowest BCUT2D eigenvalue weighted by Crippen LogP contribution is -2.30. The maximum atomic E-state index is 12.2. The Bertz CT molecular complexity index is 839. The van der Waals surface area contributed by atoms with Gasteiger partial charge in [-0.15, -0.1) is 0 Å². The molecule has 2 aromatic heterocycles. The molecule has 3 aromatic rings. The summed E-state index contributed by atoms with van der Waals surface area (Å²) in [4.78, 5) is 16.9. The number of hydrogen-bond acceptors (Lipinski definition) is 2. The minimum absolute atomic E-state index is 0.206. The Hall–Kier alpha value is -2.82. The van der Waals surface area contributed by atoms with Crippen LogP contribution in [0, 0.1) is 6.92 Å². The first-order valence-electron chi connectivity index (χ1n) is 8.28. The molecule has 0 atom stereocenters. The van der Waals surface area contributed by atoms with Crippen LogP contribution in [0.4, 0.5) is 10.6 Å². The standard InChI is InChI=1S/C19H22N4O/c1-3-4-11-20-19(24)22-18-17(15-8-6-5-7-9-15)21-16-13-14(2)10-12-23(16)18/h5-10,12-13H,3-4,11H2,1-2H3,(H2,20,22,24). The van der Waals surface area contributed by atoms with Crippen molar-refractivity contribution in [2.75, 3.05) is 11.9 Å². The van der Waals surface area contributed by atoms with Crippen molar-refractivity contribution in [1.29, 1.82) is 0 Å². The number of fused-ring (bicyclic) bond motifs is 1. The zero-order chi connectivity index (χ0) is 16.9. The molecule has 0 radical (unpaired) electrons. The summed E-state index contributed by atoms with van der Waals surface area (Å²) in [7, 11) is 0. The third-order valence-corrected chi connectivity index (χ3v) is 3.88. The largest absolute Gasteiger partial charge is 0.338 e. The number of hydrogen-bond donors (Lipinski definition) is 2. The second-order valence-corrected chi connectivity index (χ2v) is 5.84. The van der Waals surface area contributed by atoms with Crippen molar-refractivity contribution in [3.63, 3.8) is 0 Å². The number of aryl methyl sites for hydroxylation is 1. The molecule has 2 amide bonds. The monoisotopic (exact) mass is 322 g/mol. The summed E-state index contributed by atoms with van der Waals surface area (Å²) in [6, 6.07) is 13.7. The Labute approximate surface area is 141 Å². The van der Waals surface area contributed by atoms with Crippen LogP contribution >= 0.6 is 0 Å². The fourth-order valence-electron chi connectivity index (χ4n) is 2.59. The maximum Gasteiger partial charge on any atom is 0.320 e. The Morgan fingerprint density at radius 3 is 2.75 bits per heavy atom. The summed E-state index contributed by atoms with van der Waals surface area (Å²) in [5.74, 6) is 0.685. The molecule has 0 spiro atoms. The van der Waals surface area contributed by atoms with Crippen LogP contribution in [-0.2, 0) is 0 Å². The maximum absolute atomic E-state index is 12.2. The quantitative estimate of drug-likeness (QED) is 0.691. The molecule has 5 nitrogen and oxygen atoms in total. The van der Waals surface area contributed by atoms with Crippen LogP contribution in [-0.4, -0.2) is 22.0 Å². The molecule has 5 heteroatoms. The number of imidazole rings is 1. The van der Waals surface area contributed by atoms with Gasteiger partial charge in [0.2, 0.25) is 0 Å². The van der Waals surface area contributed by atoms with E-state index in [0.717, 1.165) is 35.3 Å². The summed E-state index contributed by atoms with van der Waals surface area (Å²) in [5.41, 5.74) is 3.69. The zero-order valence-corrected chi connectivity index (χ0v) is 14.0. The van der Waals surface area contributed by atoms with Gasteiger partial charge < -0.3 is 5.32 Å². The lowest BCUT2D eigenvalue weighted by molar-refractivity contribution is 0.252. The molecular weight excluding hydrogens is 300 g/mol. The Kier molecular flexibility index (Phi) is 4.79. The van der Waals surface area contributed by atoms with Crippen molar-refractivity contribution < 1.29 is 4.79 Å². The molecule has 0 unspecified atom stereocenters. The first-order valence-corrected chi connectivity index (χ1v) is 8.28. The molecule has 3 rings (SSSR count). The number of nitrogens with one attached hydrogen (secondary N) is 2. The third-order valence-electron chi connectivity index (χ3n) is 3.88. The predicted octanol–water partition coefficient (Wildman–Crippen LogP) is 4.23. The normalized spacial score (nSPS) is 10.8. The minimum atomic E-state index is -0.206. The van der Waals surface area contributed by atoms with Crippen LogP contribution in [0.2, 0.25) is 0 Å². The molecule has 24 heavy (non-hydrogen) atoms. The Balaban J connectivity index is 1.99. The van der Waals surface area contributed by atoms with Gasteiger partial charge in [0.15, 0.2) is 0 Å². The van der Waals surface area contributed by atoms with Crippen LogP contribution in [0.15, 0.2) is 48.7 Å². The number of carbonyl (C=O) groups is 1. The number of carbonyl (C=O) groups excluding carboxylic acids is 1. The summed E-state index contributed by atoms with van der Waals surface area (Å²) >= 11 is 0. The third kappa shape index (κ3) is 3.40. The van der Waals surface area contributed by atoms with E-state index < -0.39 is 0 Å². The number of benzene rings is 1. The lowest BCUT2D eigenvalue weighted by Gasteiger charge is -2.09. The zero-order valence-electron chi connectivity index (χ0n) is 14.0. The van der Waals surface area contributed by atoms with Crippen molar-refractivity contribution >= 4 is 17.5 Å². The summed E-state index contributed by atoms with van der Waals surface area (Å²) < 4.78 is 1.91. The van der Waals surface area contributed by atoms with E-state index in [4.69, 9.17) is 4.98 Å². The summed E-state index contributed by atoms with van der Waals surface area (Å²) in [5, 5.41) is 5.85. The van der Waals surface area contributed by atoms with Gasteiger partial charge in [-0.25, -0.2) is 9.78 Å². The topological polar surface area (TPSA) is 58.4 Å². The number of unbranched alkanes of at least 4 members (excludes halogenated alkanes) is 1. The van der Waals surface area contributed by atoms with Crippen molar-refractivity contribution in [2.24, 2.45) is 0 Å². The highest BCUT2D eigenvalue weighted by atomic mass is 16.2. The number of pyridine rings is 1. The second-order valence-electron chi connectivity index (χ2n) is 5.84. The SMILES string of the molecule is CCCCNC(=O)Nc1c(-c2ccccc2)nc2cc(C)ccn12. The molecule has 0 bridgehead atoms. The molecule has 1 aromatic carbocycles. The molecule has 0 fully saturated rings. The lowest BCUT2D eigenvalue weighted by atomic mass is 10.1. The summed E-state index contributed by atoms with van der Waals surface area (Å²) in [6.45, 7) is 4.79. The smallest absolute Gasteiger partial charge is 0.320 e. The van der Waals surface area contributed by atoms with Crippen molar-refractivity contribution in [1.82, 2.24) is 14.7 Å². The molecular formula is C19H22N4O. The van der Waals surface area contributed by atoms with E-state index in [1.165, 1.54) is 0 Å². The van der Waals surface area contributed by atoms with Crippen molar-refractivity contribution in [3.05, 3.63) is 54.2 Å². The molecule has 0 saturated carbocycles. The van der Waals surface area contributed by atoms with Crippen LogP contribution in [0.5, 0.6) is 0 Å². The van der Waals surface area contributed by atoms with Gasteiger partial charge in [-0.1, -0.05) is 43.7 Å². The fourth-order valence-corrected chi connectivity index (χ4v) is 2.59. The van der Waals surface area contributed by atoms with E-state index in [1.807, 2.05) is 60.0 Å². The molecule has 0 aliphatic carbocycles. The molecule has 0 saturated heterocycles. The predicted molar refractivity (Wildman–Crippen MR) is 97.3 cm³/mol. The highest BCUT2D eigenvalue weighted by Gasteiger charge is 2.16. The van der Waals surface area contributed by atoms with Gasteiger partial charge in [-0.05, 0) is 31.0 Å². The van der Waals surface area contributed by atoms with Crippen molar-refractivity contribution in [2.45, 2.75) is 26.7 Å². The minimum Gasteiger partial charge on any atom is -0.338 e. The first kappa shape index (κ1) is 16.1. The molecule has 0 aliphatic rings. The number of urea groups is 1. The molecule has 2 heterocycles. The van der Waals surface area contributed by atoms with Crippen LogP contribution in [0.3, 0.4) is 0 Å². The van der Waals surface area contributed by atoms with Gasteiger partial charge in [0.1, 0.15) is 17.2 Å². The van der Waals surface area contributed by atoms with E-state index in [9.17, 15) is 4.79 Å².